The number of nitrogens with one attached hydrogen (secondary N) is 2. The SMILES string of the molecule is C[NH+]1CC[NH+]([C@H](c2ccc(F)cc2)c2nnnn2C2CCCC2)CC1. The number of aromatic nitrogens is 4. The van der Waals surface area contributed by atoms with Crippen molar-refractivity contribution in [3.63, 3.8) is 0 Å². The topological polar surface area (TPSA) is 52.5 Å². The lowest BCUT2D eigenvalue weighted by atomic mass is 10.0. The first kappa shape index (κ1) is 16.6. The third kappa shape index (κ3) is 3.43. The molecule has 1 aromatic carbocycles. The average molecular weight is 346 g/mol. The molecular weight excluding hydrogens is 319 g/mol. The Morgan fingerprint density at radius 3 is 2.44 bits per heavy atom. The third-order valence-corrected chi connectivity index (χ3v) is 5.80. The Kier molecular flexibility index (Phi) is 4.76. The van der Waals surface area contributed by atoms with Crippen LogP contribution in [0.1, 0.15) is 49.2 Å². The maximum atomic E-state index is 13.5. The van der Waals surface area contributed by atoms with Gasteiger partial charge in [0.1, 0.15) is 32.0 Å². The number of hydrogen-bond acceptors (Lipinski definition) is 3. The molecule has 0 amide bonds. The van der Waals surface area contributed by atoms with Crippen molar-refractivity contribution >= 4 is 0 Å². The van der Waals surface area contributed by atoms with Crippen LogP contribution in [0.2, 0.25) is 0 Å². The zero-order valence-electron chi connectivity index (χ0n) is 14.8. The lowest BCUT2D eigenvalue weighted by Gasteiger charge is -2.33. The van der Waals surface area contributed by atoms with Gasteiger partial charge >= 0.3 is 0 Å². The van der Waals surface area contributed by atoms with E-state index in [0.29, 0.717) is 6.04 Å². The minimum Gasteiger partial charge on any atom is -0.328 e. The molecule has 2 aromatic rings. The predicted molar refractivity (Wildman–Crippen MR) is 90.9 cm³/mol. The molecule has 7 heteroatoms. The molecule has 1 saturated heterocycles. The van der Waals surface area contributed by atoms with Crippen molar-refractivity contribution in [1.29, 1.82) is 0 Å². The maximum Gasteiger partial charge on any atom is 0.214 e. The van der Waals surface area contributed by atoms with Crippen LogP contribution in [-0.2, 0) is 0 Å². The zero-order valence-corrected chi connectivity index (χ0v) is 14.8. The van der Waals surface area contributed by atoms with Gasteiger partial charge in [0, 0.05) is 5.56 Å². The third-order valence-electron chi connectivity index (χ3n) is 5.80. The van der Waals surface area contributed by atoms with Gasteiger partial charge in [-0.2, -0.15) is 0 Å². The molecule has 0 spiro atoms. The van der Waals surface area contributed by atoms with E-state index >= 15 is 0 Å². The molecule has 134 valence electrons. The van der Waals surface area contributed by atoms with Crippen LogP contribution < -0.4 is 9.80 Å². The van der Waals surface area contributed by atoms with E-state index in [-0.39, 0.29) is 11.9 Å². The highest BCUT2D eigenvalue weighted by Crippen LogP contribution is 2.31. The van der Waals surface area contributed by atoms with E-state index in [9.17, 15) is 4.39 Å². The molecule has 0 radical (unpaired) electrons. The number of quaternary nitrogens is 2. The minimum absolute atomic E-state index is 0.0734. The number of rotatable bonds is 4. The maximum absolute atomic E-state index is 13.5. The van der Waals surface area contributed by atoms with Gasteiger partial charge in [-0.1, -0.05) is 12.8 Å². The predicted octanol–water partition coefficient (Wildman–Crippen LogP) is -0.570. The normalized spacial score (nSPS) is 26.0. The van der Waals surface area contributed by atoms with Gasteiger partial charge in [-0.3, -0.25) is 0 Å². The van der Waals surface area contributed by atoms with Gasteiger partial charge in [0.15, 0.2) is 6.04 Å². The first-order chi connectivity index (χ1) is 12.2. The summed E-state index contributed by atoms with van der Waals surface area (Å²) in [6, 6.07) is 7.37. The Balaban J connectivity index is 1.70. The number of benzene rings is 1. The van der Waals surface area contributed by atoms with Crippen molar-refractivity contribution in [1.82, 2.24) is 20.2 Å². The highest BCUT2D eigenvalue weighted by molar-refractivity contribution is 5.23. The number of nitrogens with zero attached hydrogens (tertiary/aromatic N) is 4. The quantitative estimate of drug-likeness (QED) is 0.780. The Labute approximate surface area is 147 Å². The van der Waals surface area contributed by atoms with Gasteiger partial charge in [0.2, 0.25) is 5.82 Å². The van der Waals surface area contributed by atoms with E-state index in [2.05, 4.69) is 27.3 Å². The summed E-state index contributed by atoms with van der Waals surface area (Å²) in [5, 5.41) is 12.8. The molecule has 4 rings (SSSR count). The summed E-state index contributed by atoms with van der Waals surface area (Å²) in [7, 11) is 2.24. The molecule has 2 N–H and O–H groups in total. The van der Waals surface area contributed by atoms with Crippen molar-refractivity contribution in [2.24, 2.45) is 0 Å². The second-order valence-corrected chi connectivity index (χ2v) is 7.52. The fourth-order valence-corrected chi connectivity index (χ4v) is 4.31. The summed E-state index contributed by atoms with van der Waals surface area (Å²) < 4.78 is 15.5. The van der Waals surface area contributed by atoms with Crippen molar-refractivity contribution in [3.8, 4) is 0 Å². The molecule has 1 aliphatic carbocycles. The van der Waals surface area contributed by atoms with Crippen LogP contribution in [0.25, 0.3) is 0 Å². The average Bonchev–Trinajstić information content (AvgIpc) is 3.30. The Morgan fingerprint density at radius 2 is 1.76 bits per heavy atom. The second-order valence-electron chi connectivity index (χ2n) is 7.52. The molecule has 2 heterocycles. The lowest BCUT2D eigenvalue weighted by molar-refractivity contribution is -1.02. The number of tetrazole rings is 1. The molecule has 1 aliphatic heterocycles. The smallest absolute Gasteiger partial charge is 0.214 e. The van der Waals surface area contributed by atoms with Crippen LogP contribution in [-0.4, -0.2) is 53.4 Å². The number of piperazine rings is 1. The largest absolute Gasteiger partial charge is 0.328 e. The molecule has 0 bridgehead atoms. The summed E-state index contributed by atoms with van der Waals surface area (Å²) in [5.74, 6) is 0.740. The fraction of sp³-hybridized carbons (Fsp3) is 0.611. The van der Waals surface area contributed by atoms with Gasteiger partial charge in [-0.25, -0.2) is 9.07 Å². The number of likely N-dealkylation sites (N-methyl/N-ethyl adjacent to an activating group) is 1. The standard InChI is InChI=1S/C18H25FN6/c1-23-10-12-24(13-11-23)17(14-6-8-15(19)9-7-14)18-20-21-22-25(18)16-4-2-3-5-16/h6-9,16-17H,2-5,10-13H2,1H3/p+2/t17-/m1/s1. The van der Waals surface area contributed by atoms with E-state index in [0.717, 1.165) is 50.4 Å². The van der Waals surface area contributed by atoms with Crippen LogP contribution >= 0.6 is 0 Å². The Morgan fingerprint density at radius 1 is 1.08 bits per heavy atom. The van der Waals surface area contributed by atoms with Crippen LogP contribution in [0, 0.1) is 5.82 Å². The van der Waals surface area contributed by atoms with Crippen LogP contribution in [0.5, 0.6) is 0 Å². The Hall–Kier alpha value is -1.86. The number of hydrogen-bond donors (Lipinski definition) is 2. The fourth-order valence-electron chi connectivity index (χ4n) is 4.31. The van der Waals surface area contributed by atoms with Gasteiger partial charge in [0.25, 0.3) is 0 Å². The molecular formula is C18H27FN6+2. The van der Waals surface area contributed by atoms with Gasteiger partial charge in [-0.15, -0.1) is 5.10 Å². The molecule has 2 aliphatic rings. The van der Waals surface area contributed by atoms with Crippen molar-refractivity contribution in [2.75, 3.05) is 33.2 Å². The van der Waals surface area contributed by atoms with Gasteiger partial charge in [0.05, 0.1) is 13.1 Å². The highest BCUT2D eigenvalue weighted by Gasteiger charge is 2.36. The molecule has 6 nitrogen and oxygen atoms in total. The molecule has 1 saturated carbocycles. The first-order valence-corrected chi connectivity index (χ1v) is 9.41. The summed E-state index contributed by atoms with van der Waals surface area (Å²) in [4.78, 5) is 3.04. The van der Waals surface area contributed by atoms with Crippen LogP contribution in [0.4, 0.5) is 4.39 Å². The number of halogens is 1. The van der Waals surface area contributed by atoms with E-state index in [4.69, 9.17) is 0 Å². The van der Waals surface area contributed by atoms with Crippen LogP contribution in [0.15, 0.2) is 24.3 Å². The van der Waals surface area contributed by atoms with E-state index < -0.39 is 0 Å². The lowest BCUT2D eigenvalue weighted by Crippen LogP contribution is -3.27. The molecule has 1 atom stereocenters. The molecule has 0 unspecified atom stereocenters. The van der Waals surface area contributed by atoms with E-state index in [1.165, 1.54) is 17.7 Å². The monoisotopic (exact) mass is 346 g/mol. The molecule has 1 aromatic heterocycles. The van der Waals surface area contributed by atoms with E-state index in [1.807, 2.05) is 12.1 Å². The van der Waals surface area contributed by atoms with Crippen LogP contribution in [0.3, 0.4) is 0 Å². The van der Waals surface area contributed by atoms with Gasteiger partial charge < -0.3 is 9.80 Å². The first-order valence-electron chi connectivity index (χ1n) is 9.41. The Bertz CT molecular complexity index is 686. The summed E-state index contributed by atoms with van der Waals surface area (Å²) in [6.07, 6.45) is 4.79. The second kappa shape index (κ2) is 7.17. The summed E-state index contributed by atoms with van der Waals surface area (Å²) in [6.45, 7) is 4.42. The minimum atomic E-state index is -0.198. The summed E-state index contributed by atoms with van der Waals surface area (Å²) in [5.41, 5.74) is 1.10. The van der Waals surface area contributed by atoms with Crippen molar-refractivity contribution < 1.29 is 14.2 Å². The molecule has 25 heavy (non-hydrogen) atoms. The summed E-state index contributed by atoms with van der Waals surface area (Å²) >= 11 is 0. The van der Waals surface area contributed by atoms with E-state index in [1.54, 1.807) is 17.0 Å². The van der Waals surface area contributed by atoms with Crippen molar-refractivity contribution in [3.05, 3.63) is 41.5 Å². The zero-order chi connectivity index (χ0) is 17.2. The van der Waals surface area contributed by atoms with Gasteiger partial charge in [-0.05, 0) is 47.5 Å². The highest BCUT2D eigenvalue weighted by atomic mass is 19.1. The molecule has 2 fully saturated rings. The van der Waals surface area contributed by atoms with Crippen molar-refractivity contribution in [2.45, 2.75) is 37.8 Å².